The first-order chi connectivity index (χ1) is 8.19. The molecule has 0 nitrogen and oxygen atoms in total. The van der Waals surface area contributed by atoms with Gasteiger partial charge in [0.1, 0.15) is 0 Å². The fourth-order valence-electron chi connectivity index (χ4n) is 3.15. The largest absolute Gasteiger partial charge is 0.101 e. The molecular weight excluding hydrogens is 235 g/mol. The predicted molar refractivity (Wildman–Crippen MR) is 86.9 cm³/mol. The Morgan fingerprint density at radius 2 is 1.56 bits per heavy atom. The summed E-state index contributed by atoms with van der Waals surface area (Å²) < 4.78 is 0. The molecule has 0 aliphatic heterocycles. The standard InChI is InChI=1S/C17H31P/c1-12(2)18(13(3)4)10-9-17(8)11-14(5)15(6)16(17)7/h11-13H,9-10H2,1-8H3. The van der Waals surface area contributed by atoms with Crippen LogP contribution in [0.4, 0.5) is 0 Å². The van der Waals surface area contributed by atoms with Crippen molar-refractivity contribution in [1.29, 1.82) is 0 Å². The van der Waals surface area contributed by atoms with E-state index in [9.17, 15) is 0 Å². The van der Waals surface area contributed by atoms with Crippen molar-refractivity contribution in [3.63, 3.8) is 0 Å². The van der Waals surface area contributed by atoms with E-state index in [1.807, 2.05) is 0 Å². The van der Waals surface area contributed by atoms with E-state index in [0.717, 1.165) is 11.3 Å². The highest BCUT2D eigenvalue weighted by atomic mass is 31.1. The van der Waals surface area contributed by atoms with Gasteiger partial charge in [0.05, 0.1) is 0 Å². The van der Waals surface area contributed by atoms with Gasteiger partial charge in [-0.3, -0.25) is 0 Å². The minimum Gasteiger partial charge on any atom is -0.101 e. The molecule has 0 bridgehead atoms. The van der Waals surface area contributed by atoms with E-state index in [-0.39, 0.29) is 7.92 Å². The maximum Gasteiger partial charge on any atom is 0.00746 e. The molecule has 18 heavy (non-hydrogen) atoms. The molecule has 0 N–H and O–H groups in total. The number of rotatable bonds is 5. The average molecular weight is 266 g/mol. The maximum atomic E-state index is 2.51. The molecule has 0 saturated carbocycles. The highest BCUT2D eigenvalue weighted by molar-refractivity contribution is 7.59. The summed E-state index contributed by atoms with van der Waals surface area (Å²) in [5.41, 5.74) is 6.67. The summed E-state index contributed by atoms with van der Waals surface area (Å²) in [5, 5.41) is 0. The number of hydrogen-bond donors (Lipinski definition) is 0. The highest BCUT2D eigenvalue weighted by Crippen LogP contribution is 2.51. The summed E-state index contributed by atoms with van der Waals surface area (Å²) in [4.78, 5) is 0. The quantitative estimate of drug-likeness (QED) is 0.537. The van der Waals surface area contributed by atoms with Crippen LogP contribution in [0.2, 0.25) is 0 Å². The van der Waals surface area contributed by atoms with Crippen LogP contribution in [0.3, 0.4) is 0 Å². The normalized spacial score (nSPS) is 24.7. The number of hydrogen-bond acceptors (Lipinski definition) is 0. The van der Waals surface area contributed by atoms with Crippen LogP contribution >= 0.6 is 7.92 Å². The zero-order valence-corrected chi connectivity index (χ0v) is 14.5. The molecule has 0 heterocycles. The molecule has 0 aromatic carbocycles. The summed E-state index contributed by atoms with van der Waals surface area (Å²) in [6, 6.07) is 0. The van der Waals surface area contributed by atoms with Gasteiger partial charge in [0.15, 0.2) is 0 Å². The van der Waals surface area contributed by atoms with Gasteiger partial charge in [-0.15, -0.1) is 7.92 Å². The van der Waals surface area contributed by atoms with E-state index in [1.54, 1.807) is 5.57 Å². The predicted octanol–water partition coefficient (Wildman–Crippen LogP) is 5.98. The Kier molecular flexibility index (Phi) is 5.24. The Labute approximate surface area is 116 Å². The Balaban J connectivity index is 2.75. The van der Waals surface area contributed by atoms with E-state index in [0.29, 0.717) is 5.41 Å². The third kappa shape index (κ3) is 3.27. The second-order valence-electron chi connectivity index (χ2n) is 6.67. The topological polar surface area (TPSA) is 0 Å². The molecular formula is C17H31P. The Morgan fingerprint density at radius 3 is 1.89 bits per heavy atom. The molecule has 0 amide bonds. The monoisotopic (exact) mass is 266 g/mol. The third-order valence-electron chi connectivity index (χ3n) is 4.76. The fourth-order valence-corrected chi connectivity index (χ4v) is 6.10. The molecule has 0 spiro atoms. The Bertz CT molecular complexity index is 352. The van der Waals surface area contributed by atoms with Gasteiger partial charge in [0, 0.05) is 5.41 Å². The van der Waals surface area contributed by atoms with Crippen LogP contribution in [-0.2, 0) is 0 Å². The van der Waals surface area contributed by atoms with Gasteiger partial charge in [-0.05, 0) is 50.2 Å². The Morgan fingerprint density at radius 1 is 1.06 bits per heavy atom. The molecule has 1 heteroatoms. The first-order valence-corrected chi connectivity index (χ1v) is 8.99. The van der Waals surface area contributed by atoms with E-state index in [1.165, 1.54) is 23.7 Å². The van der Waals surface area contributed by atoms with Crippen LogP contribution in [0.15, 0.2) is 22.8 Å². The summed E-state index contributed by atoms with van der Waals surface area (Å²) in [5.74, 6) is 0. The van der Waals surface area contributed by atoms with Gasteiger partial charge in [-0.2, -0.15) is 0 Å². The first-order valence-electron chi connectivity index (χ1n) is 7.32. The van der Waals surface area contributed by atoms with Crippen LogP contribution in [-0.4, -0.2) is 17.5 Å². The minimum absolute atomic E-state index is 0.174. The highest BCUT2D eigenvalue weighted by Gasteiger charge is 2.31. The van der Waals surface area contributed by atoms with Crippen molar-refractivity contribution in [3.05, 3.63) is 22.8 Å². The molecule has 0 aromatic rings. The van der Waals surface area contributed by atoms with E-state index in [4.69, 9.17) is 0 Å². The van der Waals surface area contributed by atoms with Gasteiger partial charge < -0.3 is 0 Å². The van der Waals surface area contributed by atoms with Gasteiger partial charge >= 0.3 is 0 Å². The summed E-state index contributed by atoms with van der Waals surface area (Å²) >= 11 is 0. The third-order valence-corrected chi connectivity index (χ3v) is 8.15. The van der Waals surface area contributed by atoms with Crippen molar-refractivity contribution in [2.45, 2.75) is 73.1 Å². The van der Waals surface area contributed by atoms with Crippen molar-refractivity contribution in [1.82, 2.24) is 0 Å². The second-order valence-corrected chi connectivity index (χ2v) is 10.2. The van der Waals surface area contributed by atoms with Gasteiger partial charge in [0.25, 0.3) is 0 Å². The smallest absolute Gasteiger partial charge is 0.00746 e. The molecule has 1 atom stereocenters. The van der Waals surface area contributed by atoms with E-state index < -0.39 is 0 Å². The minimum atomic E-state index is 0.174. The summed E-state index contributed by atoms with van der Waals surface area (Å²) in [6.45, 7) is 18.9. The molecule has 0 fully saturated rings. The Hall–Kier alpha value is -0.0900. The van der Waals surface area contributed by atoms with Crippen molar-refractivity contribution in [2.24, 2.45) is 5.41 Å². The van der Waals surface area contributed by atoms with Crippen molar-refractivity contribution < 1.29 is 0 Å². The summed E-state index contributed by atoms with van der Waals surface area (Å²) in [6.07, 6.45) is 5.25. The van der Waals surface area contributed by atoms with Crippen LogP contribution in [0, 0.1) is 5.41 Å². The molecule has 0 saturated heterocycles. The van der Waals surface area contributed by atoms with Gasteiger partial charge in [-0.25, -0.2) is 0 Å². The molecule has 1 unspecified atom stereocenters. The van der Waals surface area contributed by atoms with Crippen LogP contribution in [0.1, 0.15) is 61.8 Å². The van der Waals surface area contributed by atoms with Gasteiger partial charge in [-0.1, -0.05) is 51.8 Å². The van der Waals surface area contributed by atoms with Crippen LogP contribution in [0.5, 0.6) is 0 Å². The molecule has 1 rings (SSSR count). The fraction of sp³-hybridized carbons (Fsp3) is 0.765. The maximum absolute atomic E-state index is 2.51. The SMILES string of the molecule is CC1=CC(C)(CCP(C(C)C)C(C)C)C(C)=C1C. The molecule has 104 valence electrons. The lowest BCUT2D eigenvalue weighted by molar-refractivity contribution is 0.502. The summed E-state index contributed by atoms with van der Waals surface area (Å²) in [7, 11) is 0.174. The van der Waals surface area contributed by atoms with Crippen molar-refractivity contribution in [3.8, 4) is 0 Å². The second kappa shape index (κ2) is 5.91. The average Bonchev–Trinajstić information content (AvgIpc) is 2.42. The van der Waals surface area contributed by atoms with Crippen molar-refractivity contribution >= 4 is 7.92 Å². The molecule has 0 aromatic heterocycles. The lowest BCUT2D eigenvalue weighted by atomic mass is 9.82. The molecule has 0 radical (unpaired) electrons. The zero-order chi connectivity index (χ0) is 14.1. The van der Waals surface area contributed by atoms with Gasteiger partial charge in [0.2, 0.25) is 0 Å². The lowest BCUT2D eigenvalue weighted by Gasteiger charge is -2.31. The number of allylic oxidation sites excluding steroid dienone is 4. The molecule has 1 aliphatic carbocycles. The van der Waals surface area contributed by atoms with Crippen LogP contribution < -0.4 is 0 Å². The van der Waals surface area contributed by atoms with Crippen LogP contribution in [0.25, 0.3) is 0 Å². The lowest BCUT2D eigenvalue weighted by Crippen LogP contribution is -2.17. The first kappa shape index (κ1) is 16.0. The van der Waals surface area contributed by atoms with E-state index in [2.05, 4.69) is 61.5 Å². The van der Waals surface area contributed by atoms with Crippen molar-refractivity contribution in [2.75, 3.05) is 6.16 Å². The molecule has 1 aliphatic rings. The van der Waals surface area contributed by atoms with E-state index >= 15 is 0 Å². The zero-order valence-electron chi connectivity index (χ0n) is 13.6.